The molecule has 0 aliphatic heterocycles. The summed E-state index contributed by atoms with van der Waals surface area (Å²) in [6.07, 6.45) is 0.196. The van der Waals surface area contributed by atoms with Crippen LogP contribution in [0.25, 0.3) is 0 Å². The molecule has 0 aromatic rings. The van der Waals surface area contributed by atoms with E-state index < -0.39 is 6.04 Å². The lowest BCUT2D eigenvalue weighted by Gasteiger charge is -2.08. The molecule has 4 N–H and O–H groups in total. The van der Waals surface area contributed by atoms with E-state index in [1.165, 1.54) is 0 Å². The van der Waals surface area contributed by atoms with E-state index in [0.29, 0.717) is 13.0 Å². The SMILES string of the molecule is CC(O)CCNC(=O)[C@H](C)N. The highest BCUT2D eigenvalue weighted by Gasteiger charge is 2.05. The Bertz CT molecular complexity index is 124. The van der Waals surface area contributed by atoms with Gasteiger partial charge in [0.15, 0.2) is 0 Å². The number of aliphatic hydroxyl groups excluding tert-OH is 1. The van der Waals surface area contributed by atoms with Crippen LogP contribution in [0.3, 0.4) is 0 Å². The van der Waals surface area contributed by atoms with Gasteiger partial charge >= 0.3 is 0 Å². The molecule has 0 aromatic heterocycles. The first-order valence-corrected chi connectivity index (χ1v) is 3.75. The molecule has 66 valence electrons. The van der Waals surface area contributed by atoms with Gasteiger partial charge in [-0.3, -0.25) is 4.79 Å². The van der Waals surface area contributed by atoms with Gasteiger partial charge in [0.1, 0.15) is 0 Å². The minimum absolute atomic E-state index is 0.175. The average molecular weight is 160 g/mol. The lowest BCUT2D eigenvalue weighted by Crippen LogP contribution is -2.39. The van der Waals surface area contributed by atoms with E-state index in [1.807, 2.05) is 0 Å². The fourth-order valence-electron chi connectivity index (χ4n) is 0.565. The summed E-state index contributed by atoms with van der Waals surface area (Å²) in [5.74, 6) is -0.175. The summed E-state index contributed by atoms with van der Waals surface area (Å²) in [7, 11) is 0. The summed E-state index contributed by atoms with van der Waals surface area (Å²) >= 11 is 0. The van der Waals surface area contributed by atoms with Crippen LogP contribution in [0.4, 0.5) is 0 Å². The number of rotatable bonds is 4. The van der Waals surface area contributed by atoms with Gasteiger partial charge in [0.2, 0.25) is 5.91 Å². The Hall–Kier alpha value is -0.610. The Morgan fingerprint density at radius 2 is 2.18 bits per heavy atom. The zero-order chi connectivity index (χ0) is 8.85. The quantitative estimate of drug-likeness (QED) is 0.505. The summed E-state index contributed by atoms with van der Waals surface area (Å²) in [5, 5.41) is 11.4. The Labute approximate surface area is 66.8 Å². The molecule has 0 saturated carbocycles. The normalized spacial score (nSPS) is 15.6. The van der Waals surface area contributed by atoms with Gasteiger partial charge in [-0.15, -0.1) is 0 Å². The number of hydrogen-bond donors (Lipinski definition) is 3. The van der Waals surface area contributed by atoms with E-state index in [9.17, 15) is 4.79 Å². The molecule has 4 nitrogen and oxygen atoms in total. The van der Waals surface area contributed by atoms with E-state index in [-0.39, 0.29) is 12.0 Å². The van der Waals surface area contributed by atoms with Crippen LogP contribution in [0.15, 0.2) is 0 Å². The minimum atomic E-state index is -0.469. The molecule has 1 amide bonds. The van der Waals surface area contributed by atoms with E-state index in [1.54, 1.807) is 13.8 Å². The van der Waals surface area contributed by atoms with Crippen molar-refractivity contribution in [2.24, 2.45) is 5.73 Å². The molecule has 4 heteroatoms. The number of amides is 1. The molecule has 0 aromatic carbocycles. The number of aliphatic hydroxyl groups is 1. The number of nitrogens with two attached hydrogens (primary N) is 1. The number of carbonyl (C=O) groups is 1. The number of hydrogen-bond acceptors (Lipinski definition) is 3. The number of nitrogens with one attached hydrogen (secondary N) is 1. The topological polar surface area (TPSA) is 75.3 Å². The standard InChI is InChI=1S/C7H16N2O2/c1-5(10)3-4-9-7(11)6(2)8/h5-6,10H,3-4,8H2,1-2H3,(H,9,11)/t5?,6-/m0/s1. The highest BCUT2D eigenvalue weighted by atomic mass is 16.3. The fourth-order valence-corrected chi connectivity index (χ4v) is 0.565. The Morgan fingerprint density at radius 1 is 1.64 bits per heavy atom. The highest BCUT2D eigenvalue weighted by Crippen LogP contribution is 1.86. The first-order chi connectivity index (χ1) is 5.04. The van der Waals surface area contributed by atoms with E-state index in [0.717, 1.165) is 0 Å². The maximum atomic E-state index is 10.8. The van der Waals surface area contributed by atoms with Gasteiger partial charge in [-0.1, -0.05) is 0 Å². The monoisotopic (exact) mass is 160 g/mol. The van der Waals surface area contributed by atoms with Crippen molar-refractivity contribution >= 4 is 5.91 Å². The van der Waals surface area contributed by atoms with Crippen molar-refractivity contribution in [3.63, 3.8) is 0 Å². The summed E-state index contributed by atoms with van der Waals surface area (Å²) in [5.41, 5.74) is 5.28. The maximum absolute atomic E-state index is 10.8. The summed E-state index contributed by atoms with van der Waals surface area (Å²) in [6, 6.07) is -0.469. The molecule has 2 atom stereocenters. The third kappa shape index (κ3) is 5.82. The van der Waals surface area contributed by atoms with E-state index in [2.05, 4.69) is 5.32 Å². The van der Waals surface area contributed by atoms with E-state index >= 15 is 0 Å². The second-order valence-electron chi connectivity index (χ2n) is 2.72. The lowest BCUT2D eigenvalue weighted by atomic mass is 10.3. The van der Waals surface area contributed by atoms with Crippen molar-refractivity contribution in [2.45, 2.75) is 32.4 Å². The van der Waals surface area contributed by atoms with Crippen LogP contribution in [0.1, 0.15) is 20.3 Å². The van der Waals surface area contributed by atoms with Gasteiger partial charge in [0.05, 0.1) is 12.1 Å². The fraction of sp³-hybridized carbons (Fsp3) is 0.857. The lowest BCUT2D eigenvalue weighted by molar-refractivity contribution is -0.122. The molecule has 0 spiro atoms. The van der Waals surface area contributed by atoms with Crippen LogP contribution in [0.2, 0.25) is 0 Å². The predicted molar refractivity (Wildman–Crippen MR) is 43.0 cm³/mol. The molecule has 0 aliphatic carbocycles. The predicted octanol–water partition coefficient (Wildman–Crippen LogP) is -0.779. The van der Waals surface area contributed by atoms with E-state index in [4.69, 9.17) is 10.8 Å². The molecule has 0 aliphatic rings. The largest absolute Gasteiger partial charge is 0.393 e. The minimum Gasteiger partial charge on any atom is -0.393 e. The summed E-state index contributed by atoms with van der Waals surface area (Å²) < 4.78 is 0. The summed E-state index contributed by atoms with van der Waals surface area (Å²) in [4.78, 5) is 10.8. The molecule has 0 fully saturated rings. The van der Waals surface area contributed by atoms with Crippen LogP contribution in [-0.2, 0) is 4.79 Å². The van der Waals surface area contributed by atoms with Crippen LogP contribution >= 0.6 is 0 Å². The molecule has 1 unspecified atom stereocenters. The zero-order valence-corrected chi connectivity index (χ0v) is 7.00. The molecular formula is C7H16N2O2. The van der Waals surface area contributed by atoms with Crippen molar-refractivity contribution in [2.75, 3.05) is 6.54 Å². The maximum Gasteiger partial charge on any atom is 0.236 e. The Morgan fingerprint density at radius 3 is 2.55 bits per heavy atom. The molecule has 0 heterocycles. The van der Waals surface area contributed by atoms with Crippen molar-refractivity contribution in [3.8, 4) is 0 Å². The smallest absolute Gasteiger partial charge is 0.236 e. The molecule has 0 rings (SSSR count). The van der Waals surface area contributed by atoms with Crippen LogP contribution in [-0.4, -0.2) is 29.7 Å². The second kappa shape index (κ2) is 5.09. The molecule has 0 radical (unpaired) electrons. The van der Waals surface area contributed by atoms with Crippen molar-refractivity contribution < 1.29 is 9.90 Å². The Kier molecular flexibility index (Phi) is 4.81. The van der Waals surface area contributed by atoms with Crippen molar-refractivity contribution in [1.29, 1.82) is 0 Å². The number of carbonyl (C=O) groups excluding carboxylic acids is 1. The van der Waals surface area contributed by atoms with Crippen LogP contribution in [0.5, 0.6) is 0 Å². The van der Waals surface area contributed by atoms with Crippen LogP contribution in [0, 0.1) is 0 Å². The third-order valence-electron chi connectivity index (χ3n) is 1.27. The second-order valence-corrected chi connectivity index (χ2v) is 2.72. The molecule has 0 saturated heterocycles. The van der Waals surface area contributed by atoms with Crippen molar-refractivity contribution in [3.05, 3.63) is 0 Å². The van der Waals surface area contributed by atoms with Gasteiger partial charge in [-0.2, -0.15) is 0 Å². The van der Waals surface area contributed by atoms with Crippen LogP contribution < -0.4 is 11.1 Å². The summed E-state index contributed by atoms with van der Waals surface area (Å²) in [6.45, 7) is 3.79. The molecule has 11 heavy (non-hydrogen) atoms. The van der Waals surface area contributed by atoms with Gasteiger partial charge in [0.25, 0.3) is 0 Å². The first kappa shape index (κ1) is 10.4. The molecule has 0 bridgehead atoms. The zero-order valence-electron chi connectivity index (χ0n) is 7.00. The van der Waals surface area contributed by atoms with Gasteiger partial charge in [0, 0.05) is 6.54 Å². The first-order valence-electron chi connectivity index (χ1n) is 3.75. The Balaban J connectivity index is 3.32. The van der Waals surface area contributed by atoms with Gasteiger partial charge in [-0.05, 0) is 20.3 Å². The molecular weight excluding hydrogens is 144 g/mol. The van der Waals surface area contributed by atoms with Gasteiger partial charge in [-0.25, -0.2) is 0 Å². The van der Waals surface area contributed by atoms with Gasteiger partial charge < -0.3 is 16.2 Å². The third-order valence-corrected chi connectivity index (χ3v) is 1.27. The van der Waals surface area contributed by atoms with Crippen molar-refractivity contribution in [1.82, 2.24) is 5.32 Å². The highest BCUT2D eigenvalue weighted by molar-refractivity contribution is 5.80. The average Bonchev–Trinajstić information content (AvgIpc) is 1.86.